The Hall–Kier alpha value is -3.41. The molecule has 160 valence electrons. The molecule has 6 heteroatoms. The topological polar surface area (TPSA) is 88.0 Å². The maximum absolute atomic E-state index is 10.8. The van der Waals surface area contributed by atoms with Crippen molar-refractivity contribution in [1.29, 1.82) is 0 Å². The van der Waals surface area contributed by atoms with E-state index in [0.29, 0.717) is 30.2 Å². The van der Waals surface area contributed by atoms with E-state index in [1.54, 1.807) is 18.2 Å². The molecule has 0 bridgehead atoms. The fourth-order valence-electron chi connectivity index (χ4n) is 2.92. The number of phenolic OH excluding ortho intramolecular Hbond substituents is 1. The van der Waals surface area contributed by atoms with Crippen LogP contribution in [0.3, 0.4) is 0 Å². The number of hydrogen-bond donors (Lipinski definition) is 3. The molecule has 0 radical (unpaired) electrons. The molecule has 0 saturated heterocycles. The zero-order valence-electron chi connectivity index (χ0n) is 17.9. The van der Waals surface area contributed by atoms with Crippen LogP contribution < -0.4 is 14.8 Å². The Morgan fingerprint density at radius 1 is 1.13 bits per heavy atom. The Morgan fingerprint density at radius 3 is 2.53 bits per heavy atom. The molecule has 0 aromatic heterocycles. The molecule has 2 rings (SSSR count). The molecular weight excluding hydrogens is 382 g/mol. The fraction of sp³-hybridized carbons (Fsp3) is 0.292. The molecule has 2 aromatic carbocycles. The van der Waals surface area contributed by atoms with E-state index in [0.717, 1.165) is 16.7 Å². The zero-order valence-corrected chi connectivity index (χ0v) is 17.9. The zero-order chi connectivity index (χ0) is 22.1. The highest BCUT2D eigenvalue weighted by Crippen LogP contribution is 2.32. The predicted octanol–water partition coefficient (Wildman–Crippen LogP) is 4.98. The summed E-state index contributed by atoms with van der Waals surface area (Å²) in [6.45, 7) is 6.32. The van der Waals surface area contributed by atoms with Gasteiger partial charge in [0.25, 0.3) is 0 Å². The lowest BCUT2D eigenvalue weighted by molar-refractivity contribution is -0.134. The van der Waals surface area contributed by atoms with Crippen LogP contribution in [0.2, 0.25) is 0 Å². The SMILES string of the molecule is CCOc1cc(O)cc(/C=C/c2ccc(NCC(=O)O)c(OC)c2)c1CC=C(C)C. The average molecular weight is 411 g/mol. The molecule has 2 aromatic rings. The van der Waals surface area contributed by atoms with Crippen molar-refractivity contribution >= 4 is 23.8 Å². The van der Waals surface area contributed by atoms with Gasteiger partial charge in [0, 0.05) is 11.6 Å². The summed E-state index contributed by atoms with van der Waals surface area (Å²) in [5.41, 5.74) is 4.55. The third-order valence-electron chi connectivity index (χ3n) is 4.35. The third kappa shape index (κ3) is 6.58. The Labute approximate surface area is 177 Å². The number of phenols is 1. The summed E-state index contributed by atoms with van der Waals surface area (Å²) in [6.07, 6.45) is 6.66. The predicted molar refractivity (Wildman–Crippen MR) is 120 cm³/mol. The Balaban J connectivity index is 2.38. The van der Waals surface area contributed by atoms with Gasteiger partial charge in [-0.3, -0.25) is 4.79 Å². The van der Waals surface area contributed by atoms with E-state index in [1.165, 1.54) is 12.7 Å². The molecule has 6 nitrogen and oxygen atoms in total. The molecule has 0 aliphatic carbocycles. The summed E-state index contributed by atoms with van der Waals surface area (Å²) < 4.78 is 11.1. The first-order valence-corrected chi connectivity index (χ1v) is 9.77. The second-order valence-electron chi connectivity index (χ2n) is 6.97. The number of rotatable bonds is 10. The van der Waals surface area contributed by atoms with Crippen molar-refractivity contribution in [3.05, 3.63) is 58.7 Å². The lowest BCUT2D eigenvalue weighted by Gasteiger charge is -2.13. The number of ether oxygens (including phenoxy) is 2. The van der Waals surface area contributed by atoms with Gasteiger partial charge < -0.3 is 25.0 Å². The number of nitrogens with one attached hydrogen (secondary N) is 1. The molecule has 3 N–H and O–H groups in total. The van der Waals surface area contributed by atoms with Crippen molar-refractivity contribution in [1.82, 2.24) is 0 Å². The first kappa shape index (κ1) is 22.9. The summed E-state index contributed by atoms with van der Waals surface area (Å²) >= 11 is 0. The van der Waals surface area contributed by atoms with E-state index in [-0.39, 0.29) is 12.3 Å². The highest BCUT2D eigenvalue weighted by atomic mass is 16.5. The van der Waals surface area contributed by atoms with Crippen LogP contribution in [0.5, 0.6) is 17.2 Å². The van der Waals surface area contributed by atoms with Crippen LogP contribution in [0.15, 0.2) is 42.0 Å². The summed E-state index contributed by atoms with van der Waals surface area (Å²) in [7, 11) is 1.54. The van der Waals surface area contributed by atoms with Crippen molar-refractivity contribution < 1.29 is 24.5 Å². The van der Waals surface area contributed by atoms with Crippen LogP contribution in [-0.4, -0.2) is 36.4 Å². The largest absolute Gasteiger partial charge is 0.508 e. The monoisotopic (exact) mass is 411 g/mol. The lowest BCUT2D eigenvalue weighted by Crippen LogP contribution is -2.12. The first-order valence-electron chi connectivity index (χ1n) is 9.77. The van der Waals surface area contributed by atoms with Gasteiger partial charge in [0.15, 0.2) is 0 Å². The molecule has 0 unspecified atom stereocenters. The minimum Gasteiger partial charge on any atom is -0.508 e. The smallest absolute Gasteiger partial charge is 0.322 e. The molecule has 0 aliphatic rings. The molecule has 0 fully saturated rings. The van der Waals surface area contributed by atoms with Crippen molar-refractivity contribution in [3.63, 3.8) is 0 Å². The minimum absolute atomic E-state index is 0.143. The summed E-state index contributed by atoms with van der Waals surface area (Å²) in [4.78, 5) is 10.8. The van der Waals surface area contributed by atoms with Gasteiger partial charge >= 0.3 is 5.97 Å². The molecule has 0 spiro atoms. The second-order valence-corrected chi connectivity index (χ2v) is 6.97. The number of aliphatic carboxylic acids is 1. The van der Waals surface area contributed by atoms with Gasteiger partial charge in [-0.05, 0) is 56.5 Å². The summed E-state index contributed by atoms with van der Waals surface area (Å²) in [5, 5.41) is 21.8. The molecular formula is C24H29NO5. The first-order chi connectivity index (χ1) is 14.3. The Morgan fingerprint density at radius 2 is 1.90 bits per heavy atom. The molecule has 0 amide bonds. The van der Waals surface area contributed by atoms with Crippen LogP contribution >= 0.6 is 0 Å². The van der Waals surface area contributed by atoms with Gasteiger partial charge in [-0.25, -0.2) is 0 Å². The minimum atomic E-state index is -0.945. The van der Waals surface area contributed by atoms with E-state index in [1.807, 2.05) is 45.1 Å². The number of carboxylic acid groups (broad SMARTS) is 1. The van der Waals surface area contributed by atoms with Crippen molar-refractivity contribution in [2.75, 3.05) is 25.6 Å². The van der Waals surface area contributed by atoms with E-state index >= 15 is 0 Å². The number of benzene rings is 2. The van der Waals surface area contributed by atoms with E-state index in [2.05, 4.69) is 11.4 Å². The fourth-order valence-corrected chi connectivity index (χ4v) is 2.92. The molecule has 30 heavy (non-hydrogen) atoms. The maximum atomic E-state index is 10.8. The third-order valence-corrected chi connectivity index (χ3v) is 4.35. The van der Waals surface area contributed by atoms with Crippen LogP contribution in [0.25, 0.3) is 12.2 Å². The van der Waals surface area contributed by atoms with Crippen molar-refractivity contribution in [3.8, 4) is 17.2 Å². The summed E-state index contributed by atoms with van der Waals surface area (Å²) in [5.74, 6) is 0.415. The van der Waals surface area contributed by atoms with Gasteiger partial charge in [0.05, 0.1) is 19.4 Å². The molecule has 0 aliphatic heterocycles. The van der Waals surface area contributed by atoms with Gasteiger partial charge in [-0.1, -0.05) is 29.9 Å². The number of methoxy groups -OCH3 is 1. The van der Waals surface area contributed by atoms with Crippen molar-refractivity contribution in [2.24, 2.45) is 0 Å². The number of allylic oxidation sites excluding steroid dienone is 2. The highest BCUT2D eigenvalue weighted by Gasteiger charge is 2.10. The number of hydrogen-bond acceptors (Lipinski definition) is 5. The van der Waals surface area contributed by atoms with Gasteiger partial charge in [-0.15, -0.1) is 0 Å². The Bertz CT molecular complexity index is 943. The van der Waals surface area contributed by atoms with Gasteiger partial charge in [0.1, 0.15) is 23.8 Å². The van der Waals surface area contributed by atoms with Crippen molar-refractivity contribution in [2.45, 2.75) is 27.2 Å². The van der Waals surface area contributed by atoms with Crippen LogP contribution in [0.4, 0.5) is 5.69 Å². The molecule has 0 heterocycles. The van der Waals surface area contributed by atoms with Crippen LogP contribution in [0, 0.1) is 0 Å². The maximum Gasteiger partial charge on any atom is 0.322 e. The van der Waals surface area contributed by atoms with Gasteiger partial charge in [-0.2, -0.15) is 0 Å². The summed E-state index contributed by atoms with van der Waals surface area (Å²) in [6, 6.07) is 8.82. The van der Waals surface area contributed by atoms with E-state index in [4.69, 9.17) is 14.6 Å². The average Bonchev–Trinajstić information content (AvgIpc) is 2.70. The number of aromatic hydroxyl groups is 1. The lowest BCUT2D eigenvalue weighted by atomic mass is 10.00. The van der Waals surface area contributed by atoms with Crippen LogP contribution in [0.1, 0.15) is 37.5 Å². The van der Waals surface area contributed by atoms with E-state index in [9.17, 15) is 9.90 Å². The normalized spacial score (nSPS) is 10.7. The number of carboxylic acids is 1. The highest BCUT2D eigenvalue weighted by molar-refractivity contribution is 5.77. The molecule has 0 saturated carbocycles. The standard InChI is InChI=1S/C24H29NO5/c1-5-30-22-14-19(26)13-18(20(22)10-6-16(2)3)9-7-17-8-11-21(23(12-17)29-4)25-15-24(27)28/h6-9,11-14,25-26H,5,10,15H2,1-4H3,(H,27,28)/b9-7+. The van der Waals surface area contributed by atoms with E-state index < -0.39 is 5.97 Å². The second kappa shape index (κ2) is 11.0. The van der Waals surface area contributed by atoms with Crippen LogP contribution in [-0.2, 0) is 11.2 Å². The number of anilines is 1. The van der Waals surface area contributed by atoms with Gasteiger partial charge in [0.2, 0.25) is 0 Å². The Kier molecular flexibility index (Phi) is 8.35. The quantitative estimate of drug-likeness (QED) is 0.378. The number of carbonyl (C=O) groups is 1. The molecule has 0 atom stereocenters.